The van der Waals surface area contributed by atoms with Gasteiger partial charge in [-0.1, -0.05) is 6.07 Å². The van der Waals surface area contributed by atoms with Gasteiger partial charge in [-0.15, -0.1) is 5.10 Å². The molecule has 1 aliphatic carbocycles. The van der Waals surface area contributed by atoms with Gasteiger partial charge in [-0.25, -0.2) is 13.3 Å². The second-order valence-corrected chi connectivity index (χ2v) is 5.82. The molecule has 1 aromatic carbocycles. The molecule has 0 saturated heterocycles. The average molecular weight is 328 g/mol. The summed E-state index contributed by atoms with van der Waals surface area (Å²) in [7, 11) is 0. The van der Waals surface area contributed by atoms with Crippen LogP contribution in [0.25, 0.3) is 16.6 Å². The van der Waals surface area contributed by atoms with Gasteiger partial charge in [0.2, 0.25) is 5.88 Å². The summed E-state index contributed by atoms with van der Waals surface area (Å²) in [5, 5.41) is 4.29. The predicted octanol–water partition coefficient (Wildman–Crippen LogP) is 3.57. The normalized spacial score (nSPS) is 14.6. The van der Waals surface area contributed by atoms with Gasteiger partial charge in [-0.3, -0.25) is 4.79 Å². The van der Waals surface area contributed by atoms with E-state index in [0.29, 0.717) is 11.4 Å². The fourth-order valence-corrected chi connectivity index (χ4v) is 2.79. The molecule has 1 fully saturated rings. The molecule has 0 spiro atoms. The van der Waals surface area contributed by atoms with Crippen molar-refractivity contribution in [3.63, 3.8) is 0 Å². The van der Waals surface area contributed by atoms with Gasteiger partial charge in [0.1, 0.15) is 17.7 Å². The summed E-state index contributed by atoms with van der Waals surface area (Å²) >= 11 is 0. The third-order valence-corrected chi connectivity index (χ3v) is 4.26. The molecule has 6 heteroatoms. The van der Waals surface area contributed by atoms with Crippen LogP contribution in [0.15, 0.2) is 47.4 Å². The van der Waals surface area contributed by atoms with E-state index in [1.54, 1.807) is 12.1 Å². The Labute approximate surface area is 136 Å². The zero-order valence-electron chi connectivity index (χ0n) is 12.7. The number of hydrogen-bond donors (Lipinski definition) is 0. The molecule has 3 aromatic rings. The quantitative estimate of drug-likeness (QED) is 0.738. The van der Waals surface area contributed by atoms with Gasteiger partial charge in [-0.2, -0.15) is 0 Å². The minimum absolute atomic E-state index is 0.0456. The van der Waals surface area contributed by atoms with Crippen LogP contribution in [0, 0.1) is 11.6 Å². The Morgan fingerprint density at radius 3 is 2.46 bits per heavy atom. The maximum atomic E-state index is 14.1. The molecule has 1 saturated carbocycles. The van der Waals surface area contributed by atoms with Crippen LogP contribution < -0.4 is 10.2 Å². The molecule has 0 atom stereocenters. The fourth-order valence-electron chi connectivity index (χ4n) is 2.79. The summed E-state index contributed by atoms with van der Waals surface area (Å²) in [6, 6.07) is 7.98. The molecule has 0 amide bonds. The predicted molar refractivity (Wildman–Crippen MR) is 85.1 cm³/mol. The Hall–Kier alpha value is -2.76. The summed E-state index contributed by atoms with van der Waals surface area (Å²) in [6.45, 7) is 0. The number of ether oxygens (including phenoxy) is 1. The molecular formula is C18H14F2N2O2. The lowest BCUT2D eigenvalue weighted by atomic mass is 9.96. The zero-order valence-corrected chi connectivity index (χ0v) is 12.7. The van der Waals surface area contributed by atoms with E-state index in [1.807, 2.05) is 0 Å². The Balaban J connectivity index is 1.88. The molecule has 4 rings (SSSR count). The fraction of sp³-hybridized carbons (Fsp3) is 0.222. The van der Waals surface area contributed by atoms with Crippen molar-refractivity contribution in [1.82, 2.24) is 9.61 Å². The number of hydrogen-bond acceptors (Lipinski definition) is 3. The SMILES string of the molecule is O=c1ccn2nc(OC3CCC3)ccc2c1-c1c(F)cccc1F. The molecule has 0 aliphatic heterocycles. The molecular weight excluding hydrogens is 314 g/mol. The summed E-state index contributed by atoms with van der Waals surface area (Å²) in [6.07, 6.45) is 4.76. The molecule has 4 nitrogen and oxygen atoms in total. The third-order valence-electron chi connectivity index (χ3n) is 4.26. The Bertz CT molecular complexity index is 960. The van der Waals surface area contributed by atoms with Crippen molar-refractivity contribution in [2.45, 2.75) is 25.4 Å². The van der Waals surface area contributed by atoms with Crippen molar-refractivity contribution < 1.29 is 13.5 Å². The Morgan fingerprint density at radius 1 is 1.04 bits per heavy atom. The first kappa shape index (κ1) is 14.8. The third kappa shape index (κ3) is 2.44. The van der Waals surface area contributed by atoms with E-state index in [0.717, 1.165) is 31.4 Å². The van der Waals surface area contributed by atoms with E-state index in [1.165, 1.54) is 22.8 Å². The molecule has 0 unspecified atom stereocenters. The topological polar surface area (TPSA) is 43.6 Å². The first-order valence-electron chi connectivity index (χ1n) is 7.77. The number of rotatable bonds is 3. The number of pyridine rings is 1. The highest BCUT2D eigenvalue weighted by Crippen LogP contribution is 2.28. The van der Waals surface area contributed by atoms with Crippen molar-refractivity contribution in [2.24, 2.45) is 0 Å². The highest BCUT2D eigenvalue weighted by Gasteiger charge is 2.21. The highest BCUT2D eigenvalue weighted by atomic mass is 19.1. The van der Waals surface area contributed by atoms with Gasteiger partial charge in [-0.05, 0) is 37.5 Å². The smallest absolute Gasteiger partial charge is 0.231 e. The van der Waals surface area contributed by atoms with Gasteiger partial charge in [0, 0.05) is 18.3 Å². The van der Waals surface area contributed by atoms with Crippen molar-refractivity contribution in [3.8, 4) is 17.0 Å². The largest absolute Gasteiger partial charge is 0.473 e. The Morgan fingerprint density at radius 2 is 1.79 bits per heavy atom. The molecule has 0 bridgehead atoms. The van der Waals surface area contributed by atoms with Crippen LogP contribution in [0.5, 0.6) is 5.88 Å². The lowest BCUT2D eigenvalue weighted by Gasteiger charge is -2.25. The molecule has 1 aliphatic rings. The highest BCUT2D eigenvalue weighted by molar-refractivity contribution is 5.80. The van der Waals surface area contributed by atoms with E-state index in [-0.39, 0.29) is 17.2 Å². The molecule has 0 radical (unpaired) electrons. The van der Waals surface area contributed by atoms with Crippen LogP contribution in [0.3, 0.4) is 0 Å². The molecule has 122 valence electrons. The monoisotopic (exact) mass is 328 g/mol. The van der Waals surface area contributed by atoms with E-state index in [9.17, 15) is 13.6 Å². The first-order chi connectivity index (χ1) is 11.6. The average Bonchev–Trinajstić information content (AvgIpc) is 2.52. The van der Waals surface area contributed by atoms with Gasteiger partial charge < -0.3 is 4.74 Å². The van der Waals surface area contributed by atoms with E-state index in [2.05, 4.69) is 5.10 Å². The minimum atomic E-state index is -0.782. The van der Waals surface area contributed by atoms with Crippen molar-refractivity contribution >= 4 is 5.52 Å². The molecule has 2 aromatic heterocycles. The molecule has 0 N–H and O–H groups in total. The summed E-state index contributed by atoms with van der Waals surface area (Å²) in [5.74, 6) is -1.14. The number of benzene rings is 1. The van der Waals surface area contributed by atoms with Gasteiger partial charge in [0.15, 0.2) is 5.43 Å². The minimum Gasteiger partial charge on any atom is -0.473 e. The van der Waals surface area contributed by atoms with Gasteiger partial charge in [0.05, 0.1) is 16.6 Å². The Kier molecular flexibility index (Phi) is 3.52. The van der Waals surface area contributed by atoms with Crippen LogP contribution >= 0.6 is 0 Å². The van der Waals surface area contributed by atoms with Crippen molar-refractivity contribution in [3.05, 3.63) is 64.5 Å². The number of fused-ring (bicyclic) bond motifs is 1. The summed E-state index contributed by atoms with van der Waals surface area (Å²) in [4.78, 5) is 12.3. The van der Waals surface area contributed by atoms with Gasteiger partial charge in [0.25, 0.3) is 0 Å². The second kappa shape index (κ2) is 5.70. The van der Waals surface area contributed by atoms with Crippen LogP contribution in [-0.2, 0) is 0 Å². The first-order valence-corrected chi connectivity index (χ1v) is 7.77. The van der Waals surface area contributed by atoms with Crippen LogP contribution in [0.4, 0.5) is 8.78 Å². The van der Waals surface area contributed by atoms with Crippen LogP contribution in [-0.4, -0.2) is 15.7 Å². The van der Waals surface area contributed by atoms with Crippen molar-refractivity contribution in [2.75, 3.05) is 0 Å². The van der Waals surface area contributed by atoms with E-state index in [4.69, 9.17) is 4.74 Å². The lowest BCUT2D eigenvalue weighted by molar-refractivity contribution is 0.113. The van der Waals surface area contributed by atoms with E-state index < -0.39 is 17.1 Å². The number of nitrogens with zero attached hydrogens (tertiary/aromatic N) is 2. The standard InChI is InChI=1S/C18H14F2N2O2/c19-12-5-2-6-13(20)17(12)18-14-7-8-16(24-11-3-1-4-11)21-22(14)10-9-15(18)23/h2,5-11H,1,3-4H2. The summed E-state index contributed by atoms with van der Waals surface area (Å²) < 4.78 is 35.4. The van der Waals surface area contributed by atoms with Crippen LogP contribution in [0.1, 0.15) is 19.3 Å². The summed E-state index contributed by atoms with van der Waals surface area (Å²) in [5.41, 5.74) is -0.522. The maximum absolute atomic E-state index is 14.1. The number of halogens is 2. The van der Waals surface area contributed by atoms with Gasteiger partial charge >= 0.3 is 0 Å². The van der Waals surface area contributed by atoms with Crippen LogP contribution in [0.2, 0.25) is 0 Å². The second-order valence-electron chi connectivity index (χ2n) is 5.82. The number of aromatic nitrogens is 2. The molecule has 24 heavy (non-hydrogen) atoms. The molecule has 2 heterocycles. The maximum Gasteiger partial charge on any atom is 0.231 e. The zero-order chi connectivity index (χ0) is 16.7. The van der Waals surface area contributed by atoms with E-state index >= 15 is 0 Å². The van der Waals surface area contributed by atoms with Crippen molar-refractivity contribution in [1.29, 1.82) is 0 Å². The lowest BCUT2D eigenvalue weighted by Crippen LogP contribution is -2.25.